The molecule has 51 heavy (non-hydrogen) atoms. The van der Waals surface area contributed by atoms with E-state index in [9.17, 15) is 0 Å². The Morgan fingerprint density at radius 1 is 0.392 bits per heavy atom. The average molecular weight is 652 g/mol. The second-order valence-corrected chi connectivity index (χ2v) is 13.3. The van der Waals surface area contributed by atoms with E-state index >= 15 is 0 Å². The first kappa shape index (κ1) is 29.3. The Kier molecular flexibility index (Phi) is 6.75. The Bertz CT molecular complexity index is 2640. The largest absolute Gasteiger partial charge is 0.456 e. The van der Waals surface area contributed by atoms with Crippen molar-refractivity contribution in [1.82, 2.24) is 0 Å². The number of benzene rings is 8. The molecule has 0 spiro atoms. The quantitative estimate of drug-likeness (QED) is 0.178. The number of hydrogen-bond acceptors (Lipinski definition) is 2. The van der Waals surface area contributed by atoms with Crippen molar-refractivity contribution in [2.75, 3.05) is 4.90 Å². The molecule has 1 heterocycles. The summed E-state index contributed by atoms with van der Waals surface area (Å²) in [6.07, 6.45) is 0. The van der Waals surface area contributed by atoms with Crippen molar-refractivity contribution in [1.29, 1.82) is 0 Å². The molecular formula is C49H33NO. The van der Waals surface area contributed by atoms with Crippen molar-refractivity contribution >= 4 is 39.0 Å². The van der Waals surface area contributed by atoms with E-state index < -0.39 is 5.41 Å². The minimum absolute atomic E-state index is 0.488. The Labute approximate surface area is 297 Å². The van der Waals surface area contributed by atoms with Crippen LogP contribution < -0.4 is 4.90 Å². The fourth-order valence-corrected chi connectivity index (χ4v) is 8.37. The molecule has 2 nitrogen and oxygen atoms in total. The van der Waals surface area contributed by atoms with Crippen LogP contribution in [-0.2, 0) is 5.41 Å². The summed E-state index contributed by atoms with van der Waals surface area (Å²) in [5, 5.41) is 2.22. The van der Waals surface area contributed by atoms with Crippen molar-refractivity contribution in [3.8, 4) is 22.3 Å². The van der Waals surface area contributed by atoms with Crippen molar-refractivity contribution in [2.45, 2.75) is 5.41 Å². The lowest BCUT2D eigenvalue weighted by atomic mass is 9.68. The van der Waals surface area contributed by atoms with E-state index in [1.54, 1.807) is 0 Å². The van der Waals surface area contributed by atoms with Crippen LogP contribution >= 0.6 is 0 Å². The average Bonchev–Trinajstić information content (AvgIpc) is 3.73. The molecule has 1 aromatic heterocycles. The molecule has 0 bridgehead atoms. The van der Waals surface area contributed by atoms with Crippen LogP contribution in [0.3, 0.4) is 0 Å². The predicted octanol–water partition coefficient (Wildman–Crippen LogP) is 13.1. The maximum absolute atomic E-state index is 6.29. The highest BCUT2D eigenvalue weighted by Gasteiger charge is 2.47. The molecule has 240 valence electrons. The molecule has 1 aliphatic carbocycles. The predicted molar refractivity (Wildman–Crippen MR) is 211 cm³/mol. The first-order valence-electron chi connectivity index (χ1n) is 17.5. The summed E-state index contributed by atoms with van der Waals surface area (Å²) in [6.45, 7) is 0. The van der Waals surface area contributed by atoms with Gasteiger partial charge >= 0.3 is 0 Å². The van der Waals surface area contributed by atoms with Crippen LogP contribution in [0.2, 0.25) is 0 Å². The molecule has 0 radical (unpaired) electrons. The molecule has 0 atom stereocenters. The molecular weight excluding hydrogens is 619 g/mol. The van der Waals surface area contributed by atoms with Crippen molar-refractivity contribution in [2.24, 2.45) is 0 Å². The summed E-state index contributed by atoms with van der Waals surface area (Å²) in [4.78, 5) is 2.43. The highest BCUT2D eigenvalue weighted by molar-refractivity contribution is 6.07. The molecule has 0 aliphatic heterocycles. The van der Waals surface area contributed by atoms with Gasteiger partial charge in [0.25, 0.3) is 0 Å². The lowest BCUT2D eigenvalue weighted by Crippen LogP contribution is -2.28. The van der Waals surface area contributed by atoms with E-state index in [4.69, 9.17) is 4.42 Å². The van der Waals surface area contributed by atoms with Gasteiger partial charge in [0.05, 0.1) is 11.1 Å². The third kappa shape index (κ3) is 4.50. The lowest BCUT2D eigenvalue weighted by Gasteiger charge is -2.34. The molecule has 1 aliphatic rings. The van der Waals surface area contributed by atoms with Gasteiger partial charge < -0.3 is 9.32 Å². The standard InChI is InChI=1S/C49H33NO/c1-4-15-34(16-5-1)35-27-29-38(30-28-35)50(39-31-32-47-42(33-39)40-21-11-13-26-46(40)51-47)45-25-14-24-44-48(45)41-22-10-12-23-43(41)49(44,36-17-6-2-7-18-36)37-19-8-3-9-20-37/h1-33H. The Balaban J connectivity index is 1.26. The van der Waals surface area contributed by atoms with Crippen molar-refractivity contribution in [3.63, 3.8) is 0 Å². The van der Waals surface area contributed by atoms with Gasteiger partial charge in [-0.3, -0.25) is 0 Å². The number of fused-ring (bicyclic) bond motifs is 6. The van der Waals surface area contributed by atoms with Gasteiger partial charge in [-0.15, -0.1) is 0 Å². The summed E-state index contributed by atoms with van der Waals surface area (Å²) < 4.78 is 6.29. The van der Waals surface area contributed by atoms with Crippen molar-refractivity contribution in [3.05, 3.63) is 222 Å². The maximum atomic E-state index is 6.29. The molecule has 9 aromatic rings. The first-order chi connectivity index (χ1) is 25.3. The zero-order valence-electron chi connectivity index (χ0n) is 27.9. The van der Waals surface area contributed by atoms with Crippen LogP contribution in [-0.4, -0.2) is 0 Å². The SMILES string of the molecule is c1ccc(-c2ccc(N(c3ccc4oc5ccccc5c4c3)c3cccc4c3-c3ccccc3C4(c3ccccc3)c3ccccc3)cc2)cc1. The lowest BCUT2D eigenvalue weighted by molar-refractivity contribution is 0.669. The number of rotatable bonds is 6. The number of furan rings is 1. The summed E-state index contributed by atoms with van der Waals surface area (Å²) in [7, 11) is 0. The molecule has 0 N–H and O–H groups in total. The molecule has 2 heteroatoms. The number of hydrogen-bond donors (Lipinski definition) is 0. The zero-order chi connectivity index (χ0) is 33.8. The van der Waals surface area contributed by atoms with Gasteiger partial charge in [-0.05, 0) is 81.4 Å². The summed E-state index contributed by atoms with van der Waals surface area (Å²) in [5.41, 5.74) is 14.5. The minimum Gasteiger partial charge on any atom is -0.456 e. The van der Waals surface area contributed by atoms with Gasteiger partial charge in [0.2, 0.25) is 0 Å². The van der Waals surface area contributed by atoms with Crippen LogP contribution in [0, 0.1) is 0 Å². The highest BCUT2D eigenvalue weighted by Crippen LogP contribution is 2.59. The molecule has 0 amide bonds. The van der Waals surface area contributed by atoms with Crippen LogP contribution in [0.15, 0.2) is 205 Å². The van der Waals surface area contributed by atoms with Gasteiger partial charge in [0, 0.05) is 27.7 Å². The van der Waals surface area contributed by atoms with E-state index in [1.807, 2.05) is 12.1 Å². The summed E-state index contributed by atoms with van der Waals surface area (Å²) >= 11 is 0. The fraction of sp³-hybridized carbons (Fsp3) is 0.0204. The summed E-state index contributed by atoms with van der Waals surface area (Å²) in [5.74, 6) is 0. The van der Waals surface area contributed by atoms with Crippen LogP contribution in [0.4, 0.5) is 17.1 Å². The number of para-hydroxylation sites is 1. The first-order valence-corrected chi connectivity index (χ1v) is 17.5. The Morgan fingerprint density at radius 2 is 0.961 bits per heavy atom. The zero-order valence-corrected chi connectivity index (χ0v) is 27.9. The van der Waals surface area contributed by atoms with Crippen molar-refractivity contribution < 1.29 is 4.42 Å². The third-order valence-electron chi connectivity index (χ3n) is 10.6. The van der Waals surface area contributed by atoms with E-state index in [0.29, 0.717) is 0 Å². The molecule has 0 fully saturated rings. The van der Waals surface area contributed by atoms with Gasteiger partial charge in [-0.1, -0.05) is 158 Å². The molecule has 0 unspecified atom stereocenters. The van der Waals surface area contributed by atoms with E-state index in [0.717, 1.165) is 39.0 Å². The van der Waals surface area contributed by atoms with Crippen LogP contribution in [0.5, 0.6) is 0 Å². The minimum atomic E-state index is -0.488. The molecule has 0 saturated heterocycles. The smallest absolute Gasteiger partial charge is 0.135 e. The monoisotopic (exact) mass is 651 g/mol. The molecule has 8 aromatic carbocycles. The topological polar surface area (TPSA) is 16.4 Å². The Hall–Kier alpha value is -6.64. The molecule has 0 saturated carbocycles. The normalized spacial score (nSPS) is 12.9. The number of nitrogens with zero attached hydrogens (tertiary/aromatic N) is 1. The number of anilines is 3. The highest BCUT2D eigenvalue weighted by atomic mass is 16.3. The summed E-state index contributed by atoms with van der Waals surface area (Å²) in [6, 6.07) is 72.3. The Morgan fingerprint density at radius 3 is 1.71 bits per heavy atom. The fourth-order valence-electron chi connectivity index (χ4n) is 8.37. The van der Waals surface area contributed by atoms with E-state index in [-0.39, 0.29) is 0 Å². The third-order valence-corrected chi connectivity index (χ3v) is 10.6. The van der Waals surface area contributed by atoms with Gasteiger partial charge in [-0.2, -0.15) is 0 Å². The maximum Gasteiger partial charge on any atom is 0.135 e. The van der Waals surface area contributed by atoms with Gasteiger partial charge in [-0.25, -0.2) is 0 Å². The van der Waals surface area contributed by atoms with Gasteiger partial charge in [0.1, 0.15) is 11.2 Å². The van der Waals surface area contributed by atoms with Gasteiger partial charge in [0.15, 0.2) is 0 Å². The van der Waals surface area contributed by atoms with Crippen LogP contribution in [0.25, 0.3) is 44.2 Å². The molecule has 10 rings (SSSR count). The van der Waals surface area contributed by atoms with E-state index in [1.165, 1.54) is 44.5 Å². The van der Waals surface area contributed by atoms with Crippen LogP contribution in [0.1, 0.15) is 22.3 Å². The second-order valence-electron chi connectivity index (χ2n) is 13.3. The second kappa shape index (κ2) is 11.8. The van der Waals surface area contributed by atoms with E-state index in [2.05, 4.69) is 193 Å².